The fourth-order valence-corrected chi connectivity index (χ4v) is 2.53. The van der Waals surface area contributed by atoms with Crippen molar-refractivity contribution in [2.75, 3.05) is 0 Å². The molecule has 0 spiro atoms. The topological polar surface area (TPSA) is 30.7 Å². The Hall–Kier alpha value is -1.09. The van der Waals surface area contributed by atoms with E-state index in [-0.39, 0.29) is 0 Å². The predicted octanol–water partition coefficient (Wildman–Crippen LogP) is 4.23. The lowest BCUT2D eigenvalue weighted by atomic mass is 10.1. The highest BCUT2D eigenvalue weighted by molar-refractivity contribution is 6.16. The molecule has 1 unspecified atom stereocenters. The molecule has 2 rings (SSSR count). The molecule has 2 aromatic heterocycles. The molecule has 1 atom stereocenters. The number of hydrogen-bond donors (Lipinski definition) is 0. The molecule has 2 heterocycles. The molecule has 4 heteroatoms. The lowest BCUT2D eigenvalue weighted by Gasteiger charge is -2.15. The molecule has 0 aromatic carbocycles. The molecular weight excluding hydrogens is 246 g/mol. The molecular formula is C14H20ClN3. The van der Waals surface area contributed by atoms with Gasteiger partial charge in [0.05, 0.1) is 5.88 Å². The third kappa shape index (κ3) is 2.37. The Balaban J connectivity index is 2.50. The van der Waals surface area contributed by atoms with Crippen molar-refractivity contribution in [3.05, 3.63) is 23.7 Å². The molecule has 0 fully saturated rings. The zero-order valence-electron chi connectivity index (χ0n) is 11.3. The second-order valence-corrected chi connectivity index (χ2v) is 5.09. The Bertz CT molecular complexity index is 533. The maximum Gasteiger partial charge on any atom is 0.160 e. The average Bonchev–Trinajstić information content (AvgIpc) is 2.76. The normalized spacial score (nSPS) is 13.1. The number of rotatable bonds is 5. The molecule has 18 heavy (non-hydrogen) atoms. The van der Waals surface area contributed by atoms with Gasteiger partial charge in [-0.1, -0.05) is 19.8 Å². The number of alkyl halides is 1. The summed E-state index contributed by atoms with van der Waals surface area (Å²) >= 11 is 6.02. The van der Waals surface area contributed by atoms with Crippen LogP contribution >= 0.6 is 11.6 Å². The van der Waals surface area contributed by atoms with Crippen molar-refractivity contribution < 1.29 is 0 Å². The van der Waals surface area contributed by atoms with Gasteiger partial charge in [0, 0.05) is 12.2 Å². The summed E-state index contributed by atoms with van der Waals surface area (Å²) in [7, 11) is 0. The summed E-state index contributed by atoms with van der Waals surface area (Å²) in [6.45, 7) is 6.50. The van der Waals surface area contributed by atoms with Crippen molar-refractivity contribution >= 4 is 22.8 Å². The van der Waals surface area contributed by atoms with Gasteiger partial charge in [-0.05, 0) is 31.9 Å². The van der Waals surface area contributed by atoms with Crippen molar-refractivity contribution in [2.45, 2.75) is 52.0 Å². The zero-order chi connectivity index (χ0) is 13.1. The summed E-state index contributed by atoms with van der Waals surface area (Å²) in [6, 6.07) is 2.40. The molecule has 0 saturated carbocycles. The first-order valence-electron chi connectivity index (χ1n) is 6.57. The summed E-state index contributed by atoms with van der Waals surface area (Å²) in [5.41, 5.74) is 3.11. The fourth-order valence-electron chi connectivity index (χ4n) is 2.34. The molecule has 0 aliphatic heterocycles. The van der Waals surface area contributed by atoms with Crippen LogP contribution in [0.5, 0.6) is 0 Å². The largest absolute Gasteiger partial charge is 0.309 e. The van der Waals surface area contributed by atoms with Gasteiger partial charge in [-0.3, -0.25) is 0 Å². The van der Waals surface area contributed by atoms with Crippen molar-refractivity contribution in [1.82, 2.24) is 14.5 Å². The highest BCUT2D eigenvalue weighted by atomic mass is 35.5. The molecule has 0 aliphatic rings. The average molecular weight is 266 g/mol. The van der Waals surface area contributed by atoms with E-state index in [4.69, 9.17) is 11.6 Å². The lowest BCUT2D eigenvalue weighted by molar-refractivity contribution is 0.483. The Kier molecular flexibility index (Phi) is 4.23. The van der Waals surface area contributed by atoms with E-state index in [1.54, 1.807) is 0 Å². The van der Waals surface area contributed by atoms with E-state index in [2.05, 4.69) is 35.3 Å². The van der Waals surface area contributed by atoms with Crippen LogP contribution in [0.25, 0.3) is 11.2 Å². The van der Waals surface area contributed by atoms with Gasteiger partial charge < -0.3 is 4.57 Å². The molecule has 0 aliphatic carbocycles. The van der Waals surface area contributed by atoms with Crippen molar-refractivity contribution in [3.63, 3.8) is 0 Å². The van der Waals surface area contributed by atoms with Gasteiger partial charge in [0.1, 0.15) is 11.3 Å². The standard InChI is InChI=1S/C14H20ClN3/c1-4-5-6-11(3)18-12(9-15)17-13-10(2)7-8-16-14(13)18/h7-8,11H,4-6,9H2,1-3H3. The number of imidazole rings is 1. The van der Waals surface area contributed by atoms with Crippen LogP contribution in [-0.2, 0) is 5.88 Å². The predicted molar refractivity (Wildman–Crippen MR) is 76.1 cm³/mol. The Morgan fingerprint density at radius 2 is 2.22 bits per heavy atom. The molecule has 0 bridgehead atoms. The number of pyridine rings is 1. The zero-order valence-corrected chi connectivity index (χ0v) is 12.0. The van der Waals surface area contributed by atoms with Crippen LogP contribution in [0, 0.1) is 6.92 Å². The van der Waals surface area contributed by atoms with Gasteiger partial charge in [0.25, 0.3) is 0 Å². The van der Waals surface area contributed by atoms with E-state index in [0.717, 1.165) is 29.0 Å². The van der Waals surface area contributed by atoms with Gasteiger partial charge in [-0.15, -0.1) is 11.6 Å². The van der Waals surface area contributed by atoms with Crippen LogP contribution in [0.4, 0.5) is 0 Å². The van der Waals surface area contributed by atoms with Crippen molar-refractivity contribution in [1.29, 1.82) is 0 Å². The van der Waals surface area contributed by atoms with E-state index >= 15 is 0 Å². The highest BCUT2D eigenvalue weighted by Crippen LogP contribution is 2.25. The number of aryl methyl sites for hydroxylation is 1. The molecule has 98 valence electrons. The van der Waals surface area contributed by atoms with Crippen LogP contribution in [0.3, 0.4) is 0 Å². The first-order chi connectivity index (χ1) is 8.69. The number of nitrogens with zero attached hydrogens (tertiary/aromatic N) is 3. The second kappa shape index (κ2) is 5.70. The molecule has 3 nitrogen and oxygen atoms in total. The SMILES string of the molecule is CCCCC(C)n1c(CCl)nc2c(C)ccnc21. The summed E-state index contributed by atoms with van der Waals surface area (Å²) in [4.78, 5) is 9.11. The molecule has 0 radical (unpaired) electrons. The van der Waals surface area contributed by atoms with E-state index in [1.165, 1.54) is 12.8 Å². The first kappa shape index (κ1) is 13.3. The summed E-state index contributed by atoms with van der Waals surface area (Å²) < 4.78 is 2.20. The first-order valence-corrected chi connectivity index (χ1v) is 7.10. The number of aromatic nitrogens is 3. The minimum absolute atomic E-state index is 0.401. The summed E-state index contributed by atoms with van der Waals surface area (Å²) in [5, 5.41) is 0. The van der Waals surface area contributed by atoms with Crippen LogP contribution in [0.15, 0.2) is 12.3 Å². The summed E-state index contributed by atoms with van der Waals surface area (Å²) in [5.74, 6) is 1.36. The molecule has 2 aromatic rings. The van der Waals surface area contributed by atoms with Gasteiger partial charge in [-0.2, -0.15) is 0 Å². The van der Waals surface area contributed by atoms with Crippen LogP contribution in [-0.4, -0.2) is 14.5 Å². The number of halogens is 1. The Morgan fingerprint density at radius 1 is 1.44 bits per heavy atom. The molecule has 0 saturated heterocycles. The van der Waals surface area contributed by atoms with E-state index in [0.29, 0.717) is 11.9 Å². The minimum atomic E-state index is 0.401. The maximum atomic E-state index is 6.02. The van der Waals surface area contributed by atoms with E-state index in [9.17, 15) is 0 Å². The van der Waals surface area contributed by atoms with Crippen molar-refractivity contribution in [3.8, 4) is 0 Å². The van der Waals surface area contributed by atoms with Crippen LogP contribution in [0.2, 0.25) is 0 Å². The summed E-state index contributed by atoms with van der Waals surface area (Å²) in [6.07, 6.45) is 5.41. The molecule has 0 N–H and O–H groups in total. The fraction of sp³-hybridized carbons (Fsp3) is 0.571. The maximum absolute atomic E-state index is 6.02. The van der Waals surface area contributed by atoms with Gasteiger partial charge >= 0.3 is 0 Å². The monoisotopic (exact) mass is 265 g/mol. The quantitative estimate of drug-likeness (QED) is 0.758. The van der Waals surface area contributed by atoms with Gasteiger partial charge in [0.15, 0.2) is 5.65 Å². The minimum Gasteiger partial charge on any atom is -0.309 e. The Morgan fingerprint density at radius 3 is 2.89 bits per heavy atom. The van der Waals surface area contributed by atoms with Gasteiger partial charge in [0.2, 0.25) is 0 Å². The van der Waals surface area contributed by atoms with E-state index < -0.39 is 0 Å². The number of unbranched alkanes of at least 4 members (excludes halogenated alkanes) is 1. The molecule has 0 amide bonds. The van der Waals surface area contributed by atoms with E-state index in [1.807, 2.05) is 12.3 Å². The third-order valence-electron chi connectivity index (χ3n) is 3.39. The number of hydrogen-bond acceptors (Lipinski definition) is 2. The third-order valence-corrected chi connectivity index (χ3v) is 3.63. The van der Waals surface area contributed by atoms with Crippen molar-refractivity contribution in [2.24, 2.45) is 0 Å². The Labute approximate surface area is 113 Å². The highest BCUT2D eigenvalue weighted by Gasteiger charge is 2.16. The second-order valence-electron chi connectivity index (χ2n) is 4.82. The van der Waals surface area contributed by atoms with Crippen LogP contribution < -0.4 is 0 Å². The number of fused-ring (bicyclic) bond motifs is 1. The van der Waals surface area contributed by atoms with Crippen LogP contribution in [0.1, 0.15) is 50.5 Å². The van der Waals surface area contributed by atoms with Gasteiger partial charge in [-0.25, -0.2) is 9.97 Å². The lowest BCUT2D eigenvalue weighted by Crippen LogP contribution is -2.09. The smallest absolute Gasteiger partial charge is 0.160 e.